The second-order valence-electron chi connectivity index (χ2n) is 6.45. The van der Waals surface area contributed by atoms with Crippen molar-refractivity contribution < 1.29 is 9.47 Å². The molecule has 0 aliphatic carbocycles. The van der Waals surface area contributed by atoms with Crippen LogP contribution < -0.4 is 4.74 Å². The Kier molecular flexibility index (Phi) is 3.97. The van der Waals surface area contributed by atoms with Gasteiger partial charge < -0.3 is 9.47 Å². The molecule has 0 N–H and O–H groups in total. The van der Waals surface area contributed by atoms with E-state index in [1.807, 2.05) is 24.5 Å². The molecular weight excluding hydrogens is 290 g/mol. The van der Waals surface area contributed by atoms with E-state index in [1.165, 1.54) is 5.56 Å². The van der Waals surface area contributed by atoms with E-state index in [0.717, 1.165) is 44.8 Å². The fraction of sp³-hybridized carbons (Fsp3) is 0.444. The standard InChI is InChI=1S/C18H21N3O2/c1-2-17(11-20-6-1)23-16-5-9-22-18(10-16)13-21(14-18)12-15-3-7-19-8-4-15/h1-4,6-8,11,16H,5,9-10,12-14H2/t16-/m0/s1. The van der Waals surface area contributed by atoms with Gasteiger partial charge in [-0.1, -0.05) is 0 Å². The van der Waals surface area contributed by atoms with Crippen molar-refractivity contribution in [3.63, 3.8) is 0 Å². The lowest BCUT2D eigenvalue weighted by molar-refractivity contribution is -0.188. The van der Waals surface area contributed by atoms with Gasteiger partial charge in [-0.05, 0) is 29.8 Å². The van der Waals surface area contributed by atoms with Crippen LogP contribution in [-0.2, 0) is 11.3 Å². The summed E-state index contributed by atoms with van der Waals surface area (Å²) in [5.41, 5.74) is 1.27. The number of aromatic nitrogens is 2. The molecule has 23 heavy (non-hydrogen) atoms. The Labute approximate surface area is 136 Å². The molecule has 0 saturated carbocycles. The van der Waals surface area contributed by atoms with E-state index in [4.69, 9.17) is 9.47 Å². The summed E-state index contributed by atoms with van der Waals surface area (Å²) in [7, 11) is 0. The van der Waals surface area contributed by atoms with E-state index in [2.05, 4.69) is 27.0 Å². The van der Waals surface area contributed by atoms with Gasteiger partial charge in [0.25, 0.3) is 0 Å². The zero-order chi connectivity index (χ0) is 15.5. The van der Waals surface area contributed by atoms with Gasteiger partial charge in [-0.15, -0.1) is 0 Å². The summed E-state index contributed by atoms with van der Waals surface area (Å²) in [4.78, 5) is 10.6. The summed E-state index contributed by atoms with van der Waals surface area (Å²) in [5, 5.41) is 0. The first kappa shape index (κ1) is 14.6. The molecule has 0 bridgehead atoms. The summed E-state index contributed by atoms with van der Waals surface area (Å²) in [6, 6.07) is 8.01. The van der Waals surface area contributed by atoms with E-state index < -0.39 is 0 Å². The Bertz CT molecular complexity index is 629. The Morgan fingerprint density at radius 2 is 2.04 bits per heavy atom. The van der Waals surface area contributed by atoms with Crippen molar-refractivity contribution in [1.82, 2.24) is 14.9 Å². The molecule has 0 amide bonds. The predicted molar refractivity (Wildman–Crippen MR) is 86.1 cm³/mol. The average molecular weight is 311 g/mol. The number of hydrogen-bond acceptors (Lipinski definition) is 5. The van der Waals surface area contributed by atoms with Crippen LogP contribution >= 0.6 is 0 Å². The van der Waals surface area contributed by atoms with Gasteiger partial charge in [0, 0.05) is 51.1 Å². The second kappa shape index (κ2) is 6.26. The molecule has 2 aromatic heterocycles. The van der Waals surface area contributed by atoms with E-state index >= 15 is 0 Å². The van der Waals surface area contributed by atoms with Gasteiger partial charge >= 0.3 is 0 Å². The maximum Gasteiger partial charge on any atom is 0.138 e. The van der Waals surface area contributed by atoms with Crippen LogP contribution in [0.2, 0.25) is 0 Å². The van der Waals surface area contributed by atoms with Crippen molar-refractivity contribution in [2.75, 3.05) is 19.7 Å². The third-order valence-electron chi connectivity index (χ3n) is 4.56. The highest BCUT2D eigenvalue weighted by molar-refractivity contribution is 5.17. The molecule has 4 rings (SSSR count). The van der Waals surface area contributed by atoms with Crippen LogP contribution in [0, 0.1) is 0 Å². The number of pyridine rings is 2. The zero-order valence-electron chi connectivity index (χ0n) is 13.1. The highest BCUT2D eigenvalue weighted by Gasteiger charge is 2.47. The lowest BCUT2D eigenvalue weighted by Gasteiger charge is -2.53. The summed E-state index contributed by atoms with van der Waals surface area (Å²) in [6.07, 6.45) is 9.35. The van der Waals surface area contributed by atoms with Gasteiger partial charge in [0.15, 0.2) is 0 Å². The lowest BCUT2D eigenvalue weighted by atomic mass is 9.84. The molecule has 0 unspecified atom stereocenters. The molecule has 2 aliphatic rings. The Hall–Kier alpha value is -1.98. The molecule has 5 nitrogen and oxygen atoms in total. The van der Waals surface area contributed by atoms with Crippen LogP contribution in [0.4, 0.5) is 0 Å². The number of hydrogen-bond donors (Lipinski definition) is 0. The van der Waals surface area contributed by atoms with E-state index in [9.17, 15) is 0 Å². The molecule has 1 spiro atoms. The Morgan fingerprint density at radius 3 is 2.83 bits per heavy atom. The maximum absolute atomic E-state index is 6.09. The van der Waals surface area contributed by atoms with Crippen molar-refractivity contribution in [3.8, 4) is 5.75 Å². The minimum atomic E-state index is -0.0296. The van der Waals surface area contributed by atoms with Gasteiger partial charge in [-0.25, -0.2) is 0 Å². The zero-order valence-corrected chi connectivity index (χ0v) is 13.1. The summed E-state index contributed by atoms with van der Waals surface area (Å²) in [5.74, 6) is 0.850. The SMILES string of the molecule is c1cncc(O[C@H]2CCOC3(C2)CN(Cc2ccncc2)C3)c1. The van der Waals surface area contributed by atoms with Crippen LogP contribution in [-0.4, -0.2) is 46.3 Å². The van der Waals surface area contributed by atoms with Crippen molar-refractivity contribution in [2.45, 2.75) is 31.1 Å². The first-order valence-corrected chi connectivity index (χ1v) is 8.13. The average Bonchev–Trinajstić information content (AvgIpc) is 2.56. The highest BCUT2D eigenvalue weighted by Crippen LogP contribution is 2.36. The minimum absolute atomic E-state index is 0.0296. The summed E-state index contributed by atoms with van der Waals surface area (Å²) >= 11 is 0. The van der Waals surface area contributed by atoms with Gasteiger partial charge in [0.2, 0.25) is 0 Å². The van der Waals surface area contributed by atoms with Crippen molar-refractivity contribution >= 4 is 0 Å². The maximum atomic E-state index is 6.09. The third-order valence-corrected chi connectivity index (χ3v) is 4.56. The fourth-order valence-corrected chi connectivity index (χ4v) is 3.54. The largest absolute Gasteiger partial charge is 0.489 e. The normalized spacial score (nSPS) is 23.4. The molecule has 1 atom stereocenters. The van der Waals surface area contributed by atoms with E-state index in [0.29, 0.717) is 0 Å². The summed E-state index contributed by atoms with van der Waals surface area (Å²) in [6.45, 7) is 3.68. The molecular formula is C18H21N3O2. The molecule has 2 saturated heterocycles. The molecule has 120 valence electrons. The topological polar surface area (TPSA) is 47.5 Å². The monoisotopic (exact) mass is 311 g/mol. The van der Waals surface area contributed by atoms with Crippen LogP contribution in [0.5, 0.6) is 5.75 Å². The molecule has 2 aromatic rings. The van der Waals surface area contributed by atoms with Crippen molar-refractivity contribution in [3.05, 3.63) is 54.6 Å². The lowest BCUT2D eigenvalue weighted by Crippen LogP contribution is -2.65. The molecule has 0 radical (unpaired) electrons. The van der Waals surface area contributed by atoms with E-state index in [-0.39, 0.29) is 11.7 Å². The van der Waals surface area contributed by atoms with Gasteiger partial charge in [0.1, 0.15) is 11.9 Å². The Morgan fingerprint density at radius 1 is 1.17 bits per heavy atom. The molecule has 0 aromatic carbocycles. The fourth-order valence-electron chi connectivity index (χ4n) is 3.54. The van der Waals surface area contributed by atoms with Gasteiger partial charge in [-0.2, -0.15) is 0 Å². The highest BCUT2D eigenvalue weighted by atomic mass is 16.5. The van der Waals surface area contributed by atoms with Gasteiger partial charge in [0.05, 0.1) is 18.4 Å². The van der Waals surface area contributed by atoms with E-state index in [1.54, 1.807) is 12.4 Å². The molecule has 2 aliphatic heterocycles. The van der Waals surface area contributed by atoms with Crippen molar-refractivity contribution in [1.29, 1.82) is 0 Å². The predicted octanol–water partition coefficient (Wildman–Crippen LogP) is 2.29. The van der Waals surface area contributed by atoms with Crippen LogP contribution in [0.1, 0.15) is 18.4 Å². The number of likely N-dealkylation sites (tertiary alicyclic amines) is 1. The first-order valence-electron chi connectivity index (χ1n) is 8.13. The summed E-state index contributed by atoms with van der Waals surface area (Å²) < 4.78 is 12.2. The number of ether oxygens (including phenoxy) is 2. The number of rotatable bonds is 4. The Balaban J connectivity index is 1.32. The van der Waals surface area contributed by atoms with Crippen LogP contribution in [0.25, 0.3) is 0 Å². The van der Waals surface area contributed by atoms with Crippen molar-refractivity contribution in [2.24, 2.45) is 0 Å². The molecule has 4 heterocycles. The third kappa shape index (κ3) is 3.35. The quantitative estimate of drug-likeness (QED) is 0.867. The van der Waals surface area contributed by atoms with Crippen LogP contribution in [0.3, 0.4) is 0 Å². The number of nitrogens with zero attached hydrogens (tertiary/aromatic N) is 3. The minimum Gasteiger partial charge on any atom is -0.489 e. The first-order chi connectivity index (χ1) is 11.3. The smallest absolute Gasteiger partial charge is 0.138 e. The second-order valence-corrected chi connectivity index (χ2v) is 6.45. The van der Waals surface area contributed by atoms with Gasteiger partial charge in [-0.3, -0.25) is 14.9 Å². The molecule has 5 heteroatoms. The molecule has 2 fully saturated rings. The van der Waals surface area contributed by atoms with Crippen LogP contribution in [0.15, 0.2) is 49.1 Å².